The van der Waals surface area contributed by atoms with Gasteiger partial charge in [-0.3, -0.25) is 13.9 Å². The van der Waals surface area contributed by atoms with Crippen LogP contribution in [0.3, 0.4) is 0 Å². The van der Waals surface area contributed by atoms with Crippen LogP contribution in [-0.4, -0.2) is 50.5 Å². The van der Waals surface area contributed by atoms with Gasteiger partial charge in [-0.1, -0.05) is 106 Å². The van der Waals surface area contributed by atoms with Crippen molar-refractivity contribution >= 4 is 27.5 Å². The molecule has 0 aromatic heterocycles. The van der Waals surface area contributed by atoms with Crippen molar-refractivity contribution in [2.45, 2.75) is 58.5 Å². The Labute approximate surface area is 239 Å². The van der Waals surface area contributed by atoms with Crippen LogP contribution in [0.1, 0.15) is 56.2 Å². The van der Waals surface area contributed by atoms with Gasteiger partial charge in [0.2, 0.25) is 21.8 Å². The number of hydrogen-bond acceptors (Lipinski definition) is 4. The predicted octanol–water partition coefficient (Wildman–Crippen LogP) is 5.13. The molecule has 1 atom stereocenters. The van der Waals surface area contributed by atoms with Crippen molar-refractivity contribution in [3.05, 3.63) is 102 Å². The van der Waals surface area contributed by atoms with E-state index >= 15 is 0 Å². The standard InChI is InChI=1S/C32H41N3O4S/c1-5-6-21-33-32(37)30(22-26-15-9-7-10-16-26)34(23-27-17-11-8-12-18-27)31(36)24-35(40(4,38)39)29-20-14-13-19-28(29)25(2)3/h7-20,25,30H,5-6,21-24H2,1-4H3,(H,33,37). The van der Waals surface area contributed by atoms with Gasteiger partial charge in [0.05, 0.1) is 11.9 Å². The molecule has 0 radical (unpaired) electrons. The van der Waals surface area contributed by atoms with E-state index in [1.54, 1.807) is 12.1 Å². The van der Waals surface area contributed by atoms with Gasteiger partial charge in [-0.2, -0.15) is 0 Å². The molecule has 7 nitrogen and oxygen atoms in total. The number of para-hydroxylation sites is 1. The highest BCUT2D eigenvalue weighted by Gasteiger charge is 2.33. The number of sulfonamides is 1. The van der Waals surface area contributed by atoms with Gasteiger partial charge in [-0.25, -0.2) is 8.42 Å². The topological polar surface area (TPSA) is 86.8 Å². The molecule has 0 saturated carbocycles. The molecule has 0 fully saturated rings. The highest BCUT2D eigenvalue weighted by Crippen LogP contribution is 2.29. The zero-order valence-corrected chi connectivity index (χ0v) is 24.7. The maximum Gasteiger partial charge on any atom is 0.244 e. The largest absolute Gasteiger partial charge is 0.354 e. The van der Waals surface area contributed by atoms with Crippen LogP contribution in [0.25, 0.3) is 0 Å². The van der Waals surface area contributed by atoms with E-state index in [2.05, 4.69) is 5.32 Å². The molecule has 0 bridgehead atoms. The zero-order chi connectivity index (χ0) is 29.1. The van der Waals surface area contributed by atoms with Crippen molar-refractivity contribution in [3.63, 3.8) is 0 Å². The molecule has 3 aromatic rings. The second kappa shape index (κ2) is 14.7. The number of hydrogen-bond donors (Lipinski definition) is 1. The number of amides is 2. The van der Waals surface area contributed by atoms with Gasteiger partial charge in [-0.05, 0) is 35.1 Å². The first-order valence-corrected chi connectivity index (χ1v) is 15.7. The highest BCUT2D eigenvalue weighted by molar-refractivity contribution is 7.92. The van der Waals surface area contributed by atoms with E-state index < -0.39 is 28.5 Å². The predicted molar refractivity (Wildman–Crippen MR) is 162 cm³/mol. The van der Waals surface area contributed by atoms with Crippen molar-refractivity contribution in [3.8, 4) is 0 Å². The molecule has 0 spiro atoms. The molecule has 0 aliphatic rings. The first-order chi connectivity index (χ1) is 19.1. The zero-order valence-electron chi connectivity index (χ0n) is 23.9. The first kappa shape index (κ1) is 30.9. The molecule has 0 aliphatic carbocycles. The third kappa shape index (κ3) is 8.68. The van der Waals surface area contributed by atoms with Gasteiger partial charge in [-0.15, -0.1) is 0 Å². The summed E-state index contributed by atoms with van der Waals surface area (Å²) in [5.74, 6) is -0.652. The minimum absolute atomic E-state index is 0.0474. The van der Waals surface area contributed by atoms with Crippen LogP contribution in [-0.2, 0) is 32.6 Å². The molecule has 40 heavy (non-hydrogen) atoms. The fourth-order valence-corrected chi connectivity index (χ4v) is 5.51. The molecule has 3 rings (SSSR count). The maximum atomic E-state index is 14.2. The molecular weight excluding hydrogens is 522 g/mol. The van der Waals surface area contributed by atoms with Crippen molar-refractivity contribution < 1.29 is 18.0 Å². The molecule has 0 heterocycles. The smallest absolute Gasteiger partial charge is 0.244 e. The number of carbonyl (C=O) groups excluding carboxylic acids is 2. The van der Waals surface area contributed by atoms with Crippen molar-refractivity contribution in [2.75, 3.05) is 23.7 Å². The van der Waals surface area contributed by atoms with Crippen LogP contribution in [0, 0.1) is 0 Å². The van der Waals surface area contributed by atoms with Crippen LogP contribution < -0.4 is 9.62 Å². The second-order valence-corrected chi connectivity index (χ2v) is 12.2. The summed E-state index contributed by atoms with van der Waals surface area (Å²) in [5.41, 5.74) is 3.06. The first-order valence-electron chi connectivity index (χ1n) is 13.8. The molecule has 0 saturated heterocycles. The minimum Gasteiger partial charge on any atom is -0.354 e. The number of carbonyl (C=O) groups is 2. The molecule has 214 valence electrons. The summed E-state index contributed by atoms with van der Waals surface area (Å²) in [6.45, 7) is 6.28. The lowest BCUT2D eigenvalue weighted by atomic mass is 10.0. The molecule has 3 aromatic carbocycles. The van der Waals surface area contributed by atoms with Crippen molar-refractivity contribution in [1.29, 1.82) is 0 Å². The quantitative estimate of drug-likeness (QED) is 0.276. The molecule has 1 unspecified atom stereocenters. The Morgan fingerprint density at radius 1 is 0.850 bits per heavy atom. The van der Waals surface area contributed by atoms with Gasteiger partial charge in [0, 0.05) is 19.5 Å². The SMILES string of the molecule is CCCCNC(=O)C(Cc1ccccc1)N(Cc1ccccc1)C(=O)CN(c1ccccc1C(C)C)S(C)(=O)=O. The van der Waals surface area contributed by atoms with Gasteiger partial charge in [0.1, 0.15) is 12.6 Å². The number of nitrogens with zero attached hydrogens (tertiary/aromatic N) is 2. The summed E-state index contributed by atoms with van der Waals surface area (Å²) in [6.07, 6.45) is 3.16. The molecule has 2 amide bonds. The monoisotopic (exact) mass is 563 g/mol. The second-order valence-electron chi connectivity index (χ2n) is 10.3. The average Bonchev–Trinajstić information content (AvgIpc) is 2.94. The fourth-order valence-electron chi connectivity index (χ4n) is 4.64. The van der Waals surface area contributed by atoms with Gasteiger partial charge < -0.3 is 10.2 Å². The van der Waals surface area contributed by atoms with Crippen molar-refractivity contribution in [1.82, 2.24) is 10.2 Å². The Bertz CT molecular complexity index is 1340. The average molecular weight is 564 g/mol. The lowest BCUT2D eigenvalue weighted by Gasteiger charge is -2.34. The third-order valence-electron chi connectivity index (χ3n) is 6.80. The van der Waals surface area contributed by atoms with E-state index in [0.717, 1.165) is 40.1 Å². The van der Waals surface area contributed by atoms with E-state index in [1.807, 2.05) is 93.6 Å². The lowest BCUT2D eigenvalue weighted by Crippen LogP contribution is -2.53. The van der Waals surface area contributed by atoms with E-state index in [1.165, 1.54) is 4.90 Å². The highest BCUT2D eigenvalue weighted by atomic mass is 32.2. The van der Waals surface area contributed by atoms with E-state index in [0.29, 0.717) is 18.7 Å². The number of nitrogens with one attached hydrogen (secondary N) is 1. The number of rotatable bonds is 14. The van der Waals surface area contributed by atoms with Gasteiger partial charge in [0.25, 0.3) is 0 Å². The lowest BCUT2D eigenvalue weighted by molar-refractivity contribution is -0.140. The Morgan fingerprint density at radius 3 is 2.00 bits per heavy atom. The summed E-state index contributed by atoms with van der Waals surface area (Å²) in [4.78, 5) is 29.3. The number of benzene rings is 3. The number of anilines is 1. The summed E-state index contributed by atoms with van der Waals surface area (Å²) >= 11 is 0. The van der Waals surface area contributed by atoms with Gasteiger partial charge >= 0.3 is 0 Å². The van der Waals surface area contributed by atoms with Crippen LogP contribution in [0.5, 0.6) is 0 Å². The molecular formula is C32H41N3O4S. The van der Waals surface area contributed by atoms with E-state index in [-0.39, 0.29) is 18.4 Å². The molecule has 0 aliphatic heterocycles. The molecule has 1 N–H and O–H groups in total. The molecule has 8 heteroatoms. The summed E-state index contributed by atoms with van der Waals surface area (Å²) in [7, 11) is -3.81. The minimum atomic E-state index is -3.81. The third-order valence-corrected chi connectivity index (χ3v) is 7.93. The van der Waals surface area contributed by atoms with Crippen LogP contribution in [0.15, 0.2) is 84.9 Å². The Kier molecular flexibility index (Phi) is 11.3. The van der Waals surface area contributed by atoms with E-state index in [4.69, 9.17) is 0 Å². The Morgan fingerprint density at radius 2 is 1.43 bits per heavy atom. The van der Waals surface area contributed by atoms with Crippen LogP contribution in [0.2, 0.25) is 0 Å². The van der Waals surface area contributed by atoms with Crippen LogP contribution in [0.4, 0.5) is 5.69 Å². The maximum absolute atomic E-state index is 14.2. The summed E-state index contributed by atoms with van der Waals surface area (Å²) < 4.78 is 27.3. The fraction of sp³-hybridized carbons (Fsp3) is 0.375. The summed E-state index contributed by atoms with van der Waals surface area (Å²) in [6, 6.07) is 25.4. The Balaban J connectivity index is 2.05. The summed E-state index contributed by atoms with van der Waals surface area (Å²) in [5, 5.41) is 3.00. The normalized spacial score (nSPS) is 12.1. The van der Waals surface area contributed by atoms with Gasteiger partial charge in [0.15, 0.2) is 0 Å². The number of unbranched alkanes of at least 4 members (excludes halogenated alkanes) is 1. The van der Waals surface area contributed by atoms with Crippen molar-refractivity contribution in [2.24, 2.45) is 0 Å². The Hall–Kier alpha value is -3.65. The van der Waals surface area contributed by atoms with Crippen LogP contribution >= 0.6 is 0 Å². The van der Waals surface area contributed by atoms with E-state index in [9.17, 15) is 18.0 Å².